The van der Waals surface area contributed by atoms with Gasteiger partial charge in [0.05, 0.1) is 5.57 Å². The van der Waals surface area contributed by atoms with Gasteiger partial charge in [-0.2, -0.15) is 0 Å². The molecule has 0 atom stereocenters. The van der Waals surface area contributed by atoms with E-state index in [2.05, 4.69) is 38.2 Å². The van der Waals surface area contributed by atoms with Crippen LogP contribution in [0.15, 0.2) is 54.2 Å². The number of hydrogen-bond donors (Lipinski definition) is 1. The number of hydrogen-bond acceptors (Lipinski definition) is 3. The highest BCUT2D eigenvalue weighted by Gasteiger charge is 2.40. The van der Waals surface area contributed by atoms with Crippen LogP contribution in [0.3, 0.4) is 0 Å². The van der Waals surface area contributed by atoms with Crippen LogP contribution in [0.2, 0.25) is 0 Å². The van der Waals surface area contributed by atoms with Gasteiger partial charge in [-0.15, -0.1) is 0 Å². The van der Waals surface area contributed by atoms with Gasteiger partial charge >= 0.3 is 0 Å². The summed E-state index contributed by atoms with van der Waals surface area (Å²) in [7, 11) is 0. The summed E-state index contributed by atoms with van der Waals surface area (Å²) in [6.07, 6.45) is 0. The Kier molecular flexibility index (Phi) is 5.16. The Labute approximate surface area is 167 Å². The van der Waals surface area contributed by atoms with Crippen molar-refractivity contribution in [3.05, 3.63) is 70.9 Å². The first-order chi connectivity index (χ1) is 13.1. The van der Waals surface area contributed by atoms with Gasteiger partial charge in [-0.05, 0) is 49.4 Å². The van der Waals surface area contributed by atoms with Crippen LogP contribution >= 0.6 is 0 Å². The Morgan fingerprint density at radius 1 is 0.857 bits per heavy atom. The molecule has 0 saturated carbocycles. The van der Waals surface area contributed by atoms with Crippen LogP contribution in [0.4, 0.5) is 5.69 Å². The Morgan fingerprint density at radius 3 is 1.93 bits per heavy atom. The van der Waals surface area contributed by atoms with Crippen LogP contribution in [0.25, 0.3) is 5.57 Å². The average Bonchev–Trinajstić information content (AvgIpc) is 2.86. The number of amides is 2. The summed E-state index contributed by atoms with van der Waals surface area (Å²) in [5.41, 5.74) is 4.68. The van der Waals surface area contributed by atoms with Crippen LogP contribution < -0.4 is 5.32 Å². The standard InChI is InChI=1S/C24H28N2O2/c1-15(2)26-22(27)20(17-9-7-16(3)8-10-17)21(23(26)28)25-19-13-11-18(12-14-19)24(4,5)6/h7-15,25H,1-6H3. The highest BCUT2D eigenvalue weighted by Crippen LogP contribution is 2.32. The van der Waals surface area contributed by atoms with Crippen LogP contribution in [0.1, 0.15) is 51.3 Å². The molecule has 1 aliphatic heterocycles. The summed E-state index contributed by atoms with van der Waals surface area (Å²) in [6.45, 7) is 12.2. The summed E-state index contributed by atoms with van der Waals surface area (Å²) in [4.78, 5) is 27.4. The number of benzene rings is 2. The van der Waals surface area contributed by atoms with E-state index in [-0.39, 0.29) is 23.3 Å². The number of nitrogens with zero attached hydrogens (tertiary/aromatic N) is 1. The molecule has 0 fully saturated rings. The van der Waals surface area contributed by atoms with Crippen molar-refractivity contribution in [2.24, 2.45) is 0 Å². The van der Waals surface area contributed by atoms with Crippen LogP contribution in [0, 0.1) is 6.92 Å². The van der Waals surface area contributed by atoms with E-state index in [1.165, 1.54) is 10.5 Å². The second kappa shape index (κ2) is 7.27. The molecule has 4 nitrogen and oxygen atoms in total. The fraction of sp³-hybridized carbons (Fsp3) is 0.333. The van der Waals surface area contributed by atoms with Gasteiger partial charge in [-0.25, -0.2) is 0 Å². The first-order valence-corrected chi connectivity index (χ1v) is 9.66. The van der Waals surface area contributed by atoms with Gasteiger partial charge in [0.15, 0.2) is 0 Å². The number of carbonyl (C=O) groups excluding carboxylic acids is 2. The molecule has 4 heteroatoms. The lowest BCUT2D eigenvalue weighted by molar-refractivity contribution is -0.138. The van der Waals surface area contributed by atoms with Crippen molar-refractivity contribution < 1.29 is 9.59 Å². The fourth-order valence-electron chi connectivity index (χ4n) is 3.32. The lowest BCUT2D eigenvalue weighted by Crippen LogP contribution is -2.38. The van der Waals surface area contributed by atoms with E-state index >= 15 is 0 Å². The number of carbonyl (C=O) groups is 2. The van der Waals surface area contributed by atoms with Crippen LogP contribution in [-0.2, 0) is 15.0 Å². The molecule has 2 amide bonds. The number of rotatable bonds is 4. The van der Waals surface area contributed by atoms with E-state index in [1.54, 1.807) is 0 Å². The lowest BCUT2D eigenvalue weighted by atomic mass is 9.87. The highest BCUT2D eigenvalue weighted by molar-refractivity contribution is 6.36. The maximum Gasteiger partial charge on any atom is 0.278 e. The number of anilines is 1. The third-order valence-electron chi connectivity index (χ3n) is 4.99. The predicted molar refractivity (Wildman–Crippen MR) is 114 cm³/mol. The molecule has 0 bridgehead atoms. The molecule has 0 radical (unpaired) electrons. The molecule has 1 aliphatic rings. The van der Waals surface area contributed by atoms with Gasteiger partial charge in [0.2, 0.25) is 0 Å². The zero-order valence-corrected chi connectivity index (χ0v) is 17.5. The summed E-state index contributed by atoms with van der Waals surface area (Å²) >= 11 is 0. The van der Waals surface area contributed by atoms with Gasteiger partial charge < -0.3 is 5.32 Å². The maximum atomic E-state index is 13.0. The van der Waals surface area contributed by atoms with Gasteiger partial charge in [-0.1, -0.05) is 62.7 Å². The summed E-state index contributed by atoms with van der Waals surface area (Å²) in [5.74, 6) is -0.534. The van der Waals surface area contributed by atoms with E-state index < -0.39 is 0 Å². The Bertz CT molecular complexity index is 930. The fourth-order valence-corrected chi connectivity index (χ4v) is 3.32. The molecule has 0 aromatic heterocycles. The van der Waals surface area contributed by atoms with E-state index in [0.717, 1.165) is 16.8 Å². The molecule has 0 aliphatic carbocycles. The molecule has 28 heavy (non-hydrogen) atoms. The Morgan fingerprint density at radius 2 is 1.43 bits per heavy atom. The molecule has 2 aromatic carbocycles. The molecule has 0 spiro atoms. The summed E-state index contributed by atoms with van der Waals surface area (Å²) in [5, 5.41) is 3.22. The molecule has 146 valence electrons. The van der Waals surface area contributed by atoms with Crippen molar-refractivity contribution in [1.82, 2.24) is 4.90 Å². The van der Waals surface area contributed by atoms with Crippen molar-refractivity contribution in [2.75, 3.05) is 5.32 Å². The molecule has 2 aromatic rings. The van der Waals surface area contributed by atoms with Crippen molar-refractivity contribution in [2.45, 2.75) is 53.0 Å². The van der Waals surface area contributed by atoms with E-state index in [4.69, 9.17) is 0 Å². The minimum Gasteiger partial charge on any atom is -0.350 e. The Hall–Kier alpha value is -2.88. The van der Waals surface area contributed by atoms with E-state index in [0.29, 0.717) is 11.3 Å². The van der Waals surface area contributed by atoms with Crippen molar-refractivity contribution in [1.29, 1.82) is 0 Å². The zero-order valence-electron chi connectivity index (χ0n) is 17.5. The van der Waals surface area contributed by atoms with Gasteiger partial charge in [-0.3, -0.25) is 14.5 Å². The van der Waals surface area contributed by atoms with Crippen molar-refractivity contribution >= 4 is 23.1 Å². The SMILES string of the molecule is Cc1ccc(C2=C(Nc3ccc(C(C)(C)C)cc3)C(=O)N(C(C)C)C2=O)cc1. The maximum absolute atomic E-state index is 13.0. The van der Waals surface area contributed by atoms with Crippen molar-refractivity contribution in [3.8, 4) is 0 Å². The second-order valence-corrected chi connectivity index (χ2v) is 8.64. The molecule has 0 unspecified atom stereocenters. The smallest absolute Gasteiger partial charge is 0.278 e. The predicted octanol–water partition coefficient (Wildman–Crippen LogP) is 4.89. The Balaban J connectivity index is 2.03. The normalized spacial score (nSPS) is 15.0. The largest absolute Gasteiger partial charge is 0.350 e. The number of aryl methyl sites for hydroxylation is 1. The molecule has 1 N–H and O–H groups in total. The first kappa shape index (κ1) is 19.9. The zero-order chi connectivity index (χ0) is 20.6. The van der Waals surface area contributed by atoms with Crippen LogP contribution in [-0.4, -0.2) is 22.8 Å². The topological polar surface area (TPSA) is 49.4 Å². The van der Waals surface area contributed by atoms with Crippen molar-refractivity contribution in [3.63, 3.8) is 0 Å². The number of imide groups is 1. The highest BCUT2D eigenvalue weighted by atomic mass is 16.2. The molecular formula is C24H28N2O2. The van der Waals surface area contributed by atoms with Crippen LogP contribution in [0.5, 0.6) is 0 Å². The average molecular weight is 377 g/mol. The third kappa shape index (κ3) is 3.72. The summed E-state index contributed by atoms with van der Waals surface area (Å²) < 4.78 is 0. The first-order valence-electron chi connectivity index (χ1n) is 9.66. The molecule has 3 rings (SSSR count). The van der Waals surface area contributed by atoms with Gasteiger partial charge in [0, 0.05) is 11.7 Å². The second-order valence-electron chi connectivity index (χ2n) is 8.64. The summed E-state index contributed by atoms with van der Waals surface area (Å²) in [6, 6.07) is 15.5. The number of nitrogens with one attached hydrogen (secondary N) is 1. The monoisotopic (exact) mass is 376 g/mol. The quantitative estimate of drug-likeness (QED) is 0.773. The van der Waals surface area contributed by atoms with E-state index in [9.17, 15) is 9.59 Å². The third-order valence-corrected chi connectivity index (χ3v) is 4.99. The molecule has 0 saturated heterocycles. The minimum absolute atomic E-state index is 0.0540. The molecule has 1 heterocycles. The molecular weight excluding hydrogens is 348 g/mol. The van der Waals surface area contributed by atoms with Gasteiger partial charge in [0.1, 0.15) is 5.70 Å². The van der Waals surface area contributed by atoms with Gasteiger partial charge in [0.25, 0.3) is 11.8 Å². The van der Waals surface area contributed by atoms with E-state index in [1.807, 2.05) is 57.2 Å². The lowest BCUT2D eigenvalue weighted by Gasteiger charge is -2.20. The minimum atomic E-state index is -0.282.